The van der Waals surface area contributed by atoms with Gasteiger partial charge in [0.25, 0.3) is 5.91 Å². The van der Waals surface area contributed by atoms with Crippen molar-refractivity contribution in [3.8, 4) is 5.75 Å². The SMILES string of the molecule is CCOC(=O)c1cc(NC(=O)c2cccc(OC(F)F)c2)cc(C(=O)OCC)c1. The third-order valence-electron chi connectivity index (χ3n) is 3.53. The van der Waals surface area contributed by atoms with E-state index >= 15 is 0 Å². The molecular formula is C20H19F2NO6. The molecule has 2 aromatic carbocycles. The number of amides is 1. The van der Waals surface area contributed by atoms with E-state index in [-0.39, 0.29) is 41.3 Å². The molecule has 0 spiro atoms. The molecule has 0 atom stereocenters. The van der Waals surface area contributed by atoms with Crippen LogP contribution in [0.5, 0.6) is 5.75 Å². The number of halogens is 2. The number of hydrogen-bond acceptors (Lipinski definition) is 6. The van der Waals surface area contributed by atoms with Crippen molar-refractivity contribution in [2.24, 2.45) is 0 Å². The van der Waals surface area contributed by atoms with Crippen LogP contribution in [-0.2, 0) is 9.47 Å². The molecule has 0 unspecified atom stereocenters. The molecule has 0 bridgehead atoms. The van der Waals surface area contributed by atoms with Gasteiger partial charge in [-0.1, -0.05) is 6.07 Å². The molecule has 0 aliphatic rings. The van der Waals surface area contributed by atoms with Gasteiger partial charge in [0, 0.05) is 11.3 Å². The largest absolute Gasteiger partial charge is 0.462 e. The van der Waals surface area contributed by atoms with Crippen molar-refractivity contribution >= 4 is 23.5 Å². The maximum absolute atomic E-state index is 12.5. The molecule has 0 saturated carbocycles. The molecule has 2 rings (SSSR count). The van der Waals surface area contributed by atoms with Crippen molar-refractivity contribution < 1.29 is 37.4 Å². The van der Waals surface area contributed by atoms with Gasteiger partial charge in [0.05, 0.1) is 24.3 Å². The van der Waals surface area contributed by atoms with Gasteiger partial charge < -0.3 is 19.5 Å². The van der Waals surface area contributed by atoms with Crippen LogP contribution in [0.25, 0.3) is 0 Å². The molecule has 0 saturated heterocycles. The van der Waals surface area contributed by atoms with Gasteiger partial charge in [-0.3, -0.25) is 4.79 Å². The number of anilines is 1. The number of nitrogens with one attached hydrogen (secondary N) is 1. The quantitative estimate of drug-likeness (QED) is 0.668. The van der Waals surface area contributed by atoms with Gasteiger partial charge in [0.2, 0.25) is 0 Å². The van der Waals surface area contributed by atoms with Crippen LogP contribution in [0.1, 0.15) is 44.9 Å². The first-order chi connectivity index (χ1) is 13.8. The van der Waals surface area contributed by atoms with Crippen molar-refractivity contribution in [3.05, 3.63) is 59.2 Å². The van der Waals surface area contributed by atoms with Gasteiger partial charge in [-0.15, -0.1) is 0 Å². The first-order valence-electron chi connectivity index (χ1n) is 8.69. The summed E-state index contributed by atoms with van der Waals surface area (Å²) in [6, 6.07) is 9.16. The van der Waals surface area contributed by atoms with Gasteiger partial charge >= 0.3 is 18.6 Å². The molecule has 1 N–H and O–H groups in total. The van der Waals surface area contributed by atoms with Crippen molar-refractivity contribution in [3.63, 3.8) is 0 Å². The maximum Gasteiger partial charge on any atom is 0.387 e. The fourth-order valence-corrected chi connectivity index (χ4v) is 2.38. The average Bonchev–Trinajstić information content (AvgIpc) is 2.67. The molecule has 29 heavy (non-hydrogen) atoms. The Morgan fingerprint density at radius 1 is 0.897 bits per heavy atom. The number of rotatable bonds is 8. The van der Waals surface area contributed by atoms with E-state index in [4.69, 9.17) is 9.47 Å². The monoisotopic (exact) mass is 407 g/mol. The summed E-state index contributed by atoms with van der Waals surface area (Å²) in [6.07, 6.45) is 0. The van der Waals surface area contributed by atoms with Gasteiger partial charge in [-0.25, -0.2) is 9.59 Å². The fraction of sp³-hybridized carbons (Fsp3) is 0.250. The zero-order chi connectivity index (χ0) is 21.4. The summed E-state index contributed by atoms with van der Waals surface area (Å²) >= 11 is 0. The molecule has 9 heteroatoms. The average molecular weight is 407 g/mol. The highest BCUT2D eigenvalue weighted by molar-refractivity contribution is 6.06. The number of carbonyl (C=O) groups is 3. The molecule has 0 aliphatic heterocycles. The molecule has 0 heterocycles. The standard InChI is InChI=1S/C20H19F2NO6/c1-3-27-18(25)13-8-14(19(26)28-4-2)10-15(9-13)23-17(24)12-6-5-7-16(11-12)29-20(21)22/h5-11,20H,3-4H2,1-2H3,(H,23,24). The third-order valence-corrected chi connectivity index (χ3v) is 3.53. The lowest BCUT2D eigenvalue weighted by Gasteiger charge is -2.11. The Hall–Kier alpha value is -3.49. The summed E-state index contributed by atoms with van der Waals surface area (Å²) in [6.45, 7) is 0.484. The predicted octanol–water partition coefficient (Wildman–Crippen LogP) is 3.89. The van der Waals surface area contributed by atoms with Crippen molar-refractivity contribution in [1.29, 1.82) is 0 Å². The fourth-order valence-electron chi connectivity index (χ4n) is 2.38. The Balaban J connectivity index is 2.31. The zero-order valence-electron chi connectivity index (χ0n) is 15.7. The minimum Gasteiger partial charge on any atom is -0.462 e. The Morgan fingerprint density at radius 2 is 1.48 bits per heavy atom. The van der Waals surface area contributed by atoms with Gasteiger partial charge in [-0.05, 0) is 50.2 Å². The van der Waals surface area contributed by atoms with E-state index in [1.807, 2.05) is 0 Å². The van der Waals surface area contributed by atoms with E-state index in [1.165, 1.54) is 36.4 Å². The van der Waals surface area contributed by atoms with Crippen LogP contribution < -0.4 is 10.1 Å². The van der Waals surface area contributed by atoms with Crippen LogP contribution in [0.2, 0.25) is 0 Å². The van der Waals surface area contributed by atoms with Crippen LogP contribution in [0.15, 0.2) is 42.5 Å². The summed E-state index contributed by atoms with van der Waals surface area (Å²) < 4.78 is 38.8. The van der Waals surface area contributed by atoms with Gasteiger partial charge in [0.1, 0.15) is 5.75 Å². The van der Waals surface area contributed by atoms with Crippen LogP contribution in [0.3, 0.4) is 0 Å². The number of alkyl halides is 2. The van der Waals surface area contributed by atoms with Gasteiger partial charge in [-0.2, -0.15) is 8.78 Å². The highest BCUT2D eigenvalue weighted by Gasteiger charge is 2.17. The molecule has 0 radical (unpaired) electrons. The highest BCUT2D eigenvalue weighted by atomic mass is 19.3. The number of esters is 2. The Bertz CT molecular complexity index is 864. The second kappa shape index (κ2) is 10.2. The van der Waals surface area contributed by atoms with E-state index in [0.717, 1.165) is 6.07 Å². The summed E-state index contributed by atoms with van der Waals surface area (Å²) in [7, 11) is 0. The summed E-state index contributed by atoms with van der Waals surface area (Å²) in [5, 5.41) is 2.52. The summed E-state index contributed by atoms with van der Waals surface area (Å²) in [4.78, 5) is 36.6. The first kappa shape index (κ1) is 21.8. The van der Waals surface area contributed by atoms with Crippen LogP contribution in [0.4, 0.5) is 14.5 Å². The van der Waals surface area contributed by atoms with Crippen molar-refractivity contribution in [2.45, 2.75) is 20.5 Å². The topological polar surface area (TPSA) is 90.9 Å². The predicted molar refractivity (Wildman–Crippen MR) is 99.4 cm³/mol. The first-order valence-corrected chi connectivity index (χ1v) is 8.69. The zero-order valence-corrected chi connectivity index (χ0v) is 15.7. The normalized spacial score (nSPS) is 10.4. The lowest BCUT2D eigenvalue weighted by molar-refractivity contribution is -0.0498. The van der Waals surface area contributed by atoms with E-state index in [9.17, 15) is 23.2 Å². The molecule has 0 aromatic heterocycles. The number of hydrogen-bond donors (Lipinski definition) is 1. The molecule has 154 valence electrons. The number of carbonyl (C=O) groups excluding carboxylic acids is 3. The lowest BCUT2D eigenvalue weighted by Crippen LogP contribution is -2.15. The Morgan fingerprint density at radius 3 is 2.00 bits per heavy atom. The van der Waals surface area contributed by atoms with E-state index in [2.05, 4.69) is 10.1 Å². The maximum atomic E-state index is 12.5. The van der Waals surface area contributed by atoms with Crippen molar-refractivity contribution in [2.75, 3.05) is 18.5 Å². The smallest absolute Gasteiger partial charge is 0.387 e. The molecule has 2 aromatic rings. The van der Waals surface area contributed by atoms with E-state index < -0.39 is 24.5 Å². The molecule has 0 aliphatic carbocycles. The van der Waals surface area contributed by atoms with Crippen molar-refractivity contribution in [1.82, 2.24) is 0 Å². The molecular weight excluding hydrogens is 388 g/mol. The van der Waals surface area contributed by atoms with Crippen LogP contribution >= 0.6 is 0 Å². The lowest BCUT2D eigenvalue weighted by atomic mass is 10.1. The molecule has 7 nitrogen and oxygen atoms in total. The van der Waals surface area contributed by atoms with Crippen LogP contribution in [0, 0.1) is 0 Å². The number of benzene rings is 2. The van der Waals surface area contributed by atoms with E-state index in [0.29, 0.717) is 0 Å². The second-order valence-electron chi connectivity index (χ2n) is 5.60. The van der Waals surface area contributed by atoms with Gasteiger partial charge in [0.15, 0.2) is 0 Å². The Kier molecular flexibility index (Phi) is 7.64. The Labute approximate surface area is 165 Å². The number of ether oxygens (including phenoxy) is 3. The second-order valence-corrected chi connectivity index (χ2v) is 5.60. The highest BCUT2D eigenvalue weighted by Crippen LogP contribution is 2.20. The third kappa shape index (κ3) is 6.27. The van der Waals surface area contributed by atoms with E-state index in [1.54, 1.807) is 13.8 Å². The molecule has 0 fully saturated rings. The molecule has 1 amide bonds. The van der Waals surface area contributed by atoms with Crippen LogP contribution in [-0.4, -0.2) is 37.7 Å². The minimum absolute atomic E-state index is 0.0439. The summed E-state index contributed by atoms with van der Waals surface area (Å²) in [5.41, 5.74) is 0.260. The summed E-state index contributed by atoms with van der Waals surface area (Å²) in [5.74, 6) is -2.19. The minimum atomic E-state index is -3.03.